The summed E-state index contributed by atoms with van der Waals surface area (Å²) in [6.07, 6.45) is 2.57. The number of rotatable bonds is 7. The van der Waals surface area contributed by atoms with Gasteiger partial charge in [-0.05, 0) is 34.1 Å². The first-order valence-electron chi connectivity index (χ1n) is 6.66. The van der Waals surface area contributed by atoms with E-state index in [4.69, 9.17) is 9.47 Å². The van der Waals surface area contributed by atoms with Gasteiger partial charge in [0.2, 0.25) is 0 Å². The maximum absolute atomic E-state index is 12.0. The molecule has 0 aliphatic carbocycles. The zero-order valence-electron chi connectivity index (χ0n) is 12.2. The van der Waals surface area contributed by atoms with E-state index in [1.54, 1.807) is 0 Å². The SMILES string of the molecule is CC1(CC[C@@H](CC=O)N[S@@+]([O-])C(C)(C)C)OCCO1. The fraction of sp³-hybridized carbons (Fsp3) is 0.923. The number of carbonyl (C=O) groups is 1. The summed E-state index contributed by atoms with van der Waals surface area (Å²) in [4.78, 5) is 10.7. The van der Waals surface area contributed by atoms with Crippen molar-refractivity contribution in [2.45, 2.75) is 63.5 Å². The van der Waals surface area contributed by atoms with Crippen LogP contribution >= 0.6 is 0 Å². The number of ether oxygens (including phenoxy) is 2. The van der Waals surface area contributed by atoms with E-state index < -0.39 is 17.1 Å². The van der Waals surface area contributed by atoms with Crippen molar-refractivity contribution >= 4 is 17.6 Å². The monoisotopic (exact) mass is 291 g/mol. The highest BCUT2D eigenvalue weighted by Crippen LogP contribution is 2.25. The maximum Gasteiger partial charge on any atom is 0.165 e. The molecule has 6 heteroatoms. The van der Waals surface area contributed by atoms with Gasteiger partial charge in [0.1, 0.15) is 11.0 Å². The van der Waals surface area contributed by atoms with Gasteiger partial charge < -0.3 is 18.8 Å². The van der Waals surface area contributed by atoms with Crippen LogP contribution in [0.25, 0.3) is 0 Å². The van der Waals surface area contributed by atoms with E-state index in [1.165, 1.54) is 0 Å². The molecule has 0 radical (unpaired) electrons. The van der Waals surface area contributed by atoms with Crippen LogP contribution in [0.2, 0.25) is 0 Å². The molecule has 0 aromatic rings. The van der Waals surface area contributed by atoms with E-state index in [2.05, 4.69) is 4.72 Å². The number of hydrogen-bond acceptors (Lipinski definition) is 5. The standard InChI is InChI=1S/C13H25NO4S/c1-12(2,3)19(16)14-11(6-8-15)5-7-13(4)17-9-10-18-13/h8,11,14H,5-7,9-10H2,1-4H3/t11-,19-/m0/s1. The normalized spacial score (nSPS) is 22.2. The Morgan fingerprint density at radius 2 is 2.00 bits per heavy atom. The Balaban J connectivity index is 2.46. The first kappa shape index (κ1) is 16.9. The molecule has 19 heavy (non-hydrogen) atoms. The Morgan fingerprint density at radius 3 is 2.47 bits per heavy atom. The third-order valence-electron chi connectivity index (χ3n) is 3.06. The van der Waals surface area contributed by atoms with Gasteiger partial charge in [-0.15, -0.1) is 4.72 Å². The fourth-order valence-electron chi connectivity index (χ4n) is 1.81. The lowest BCUT2D eigenvalue weighted by Crippen LogP contribution is -2.45. The van der Waals surface area contributed by atoms with E-state index in [0.717, 1.165) is 6.29 Å². The number of carbonyl (C=O) groups excluding carboxylic acids is 1. The smallest absolute Gasteiger partial charge is 0.165 e. The van der Waals surface area contributed by atoms with Gasteiger partial charge in [-0.2, -0.15) is 0 Å². The summed E-state index contributed by atoms with van der Waals surface area (Å²) in [6.45, 7) is 8.82. The lowest BCUT2D eigenvalue weighted by Gasteiger charge is -2.29. The predicted octanol–water partition coefficient (Wildman–Crippen LogP) is 1.54. The molecule has 0 aromatic heterocycles. The third kappa shape index (κ3) is 5.79. The van der Waals surface area contributed by atoms with Crippen LogP contribution in [0, 0.1) is 0 Å². The van der Waals surface area contributed by atoms with Gasteiger partial charge in [-0.25, -0.2) is 0 Å². The molecule has 1 N–H and O–H groups in total. The second-order valence-corrected chi connectivity index (χ2v) is 7.97. The van der Waals surface area contributed by atoms with Crippen molar-refractivity contribution in [3.8, 4) is 0 Å². The van der Waals surface area contributed by atoms with Gasteiger partial charge in [0.15, 0.2) is 5.79 Å². The molecule has 0 bridgehead atoms. The molecule has 5 nitrogen and oxygen atoms in total. The summed E-state index contributed by atoms with van der Waals surface area (Å²) < 4.78 is 25.8. The zero-order chi connectivity index (χ0) is 14.5. The molecule has 0 aromatic carbocycles. The van der Waals surface area contributed by atoms with E-state index >= 15 is 0 Å². The highest BCUT2D eigenvalue weighted by Gasteiger charge is 2.33. The summed E-state index contributed by atoms with van der Waals surface area (Å²) in [5, 5.41) is 0. The van der Waals surface area contributed by atoms with Crippen LogP contribution < -0.4 is 4.72 Å². The van der Waals surface area contributed by atoms with E-state index in [-0.39, 0.29) is 10.8 Å². The predicted molar refractivity (Wildman–Crippen MR) is 75.0 cm³/mol. The third-order valence-corrected chi connectivity index (χ3v) is 4.72. The van der Waals surface area contributed by atoms with Gasteiger partial charge in [-0.1, -0.05) is 0 Å². The van der Waals surface area contributed by atoms with Crippen molar-refractivity contribution < 1.29 is 18.8 Å². The summed E-state index contributed by atoms with van der Waals surface area (Å²) in [5.41, 5.74) is 0. The van der Waals surface area contributed by atoms with Gasteiger partial charge >= 0.3 is 0 Å². The second kappa shape index (κ2) is 7.04. The van der Waals surface area contributed by atoms with Crippen LogP contribution in [0.4, 0.5) is 0 Å². The minimum absolute atomic E-state index is 0.109. The molecular weight excluding hydrogens is 266 g/mol. The fourth-order valence-corrected chi connectivity index (χ4v) is 2.68. The molecule has 1 heterocycles. The zero-order valence-corrected chi connectivity index (χ0v) is 13.0. The van der Waals surface area contributed by atoms with Crippen LogP contribution in [-0.4, -0.2) is 40.6 Å². The Kier molecular flexibility index (Phi) is 6.26. The van der Waals surface area contributed by atoms with Crippen LogP contribution in [0.5, 0.6) is 0 Å². The Labute approximate surface area is 118 Å². The van der Waals surface area contributed by atoms with Gasteiger partial charge in [0, 0.05) is 24.2 Å². The minimum atomic E-state index is -1.18. The molecule has 1 fully saturated rings. The highest BCUT2D eigenvalue weighted by molar-refractivity contribution is 7.90. The number of hydrogen-bond donors (Lipinski definition) is 1. The van der Waals surface area contributed by atoms with Gasteiger partial charge in [0.05, 0.1) is 19.3 Å². The van der Waals surface area contributed by atoms with Gasteiger partial charge in [0.25, 0.3) is 0 Å². The largest absolute Gasteiger partial charge is 0.598 e. The van der Waals surface area contributed by atoms with Crippen LogP contribution in [0.1, 0.15) is 47.0 Å². The average molecular weight is 291 g/mol. The minimum Gasteiger partial charge on any atom is -0.598 e. The van der Waals surface area contributed by atoms with E-state index in [0.29, 0.717) is 32.5 Å². The van der Waals surface area contributed by atoms with Crippen molar-refractivity contribution in [2.75, 3.05) is 13.2 Å². The van der Waals surface area contributed by atoms with Crippen LogP contribution in [-0.2, 0) is 25.6 Å². The van der Waals surface area contributed by atoms with Crippen molar-refractivity contribution in [3.05, 3.63) is 0 Å². The Hall–Kier alpha value is -0.140. The molecule has 2 atom stereocenters. The number of nitrogens with one attached hydrogen (secondary N) is 1. The molecule has 0 saturated carbocycles. The first-order chi connectivity index (χ1) is 8.77. The molecule has 1 rings (SSSR count). The summed E-state index contributed by atoms with van der Waals surface area (Å²) in [5.74, 6) is -0.563. The quantitative estimate of drug-likeness (QED) is 0.569. The molecule has 0 amide bonds. The van der Waals surface area contributed by atoms with Crippen molar-refractivity contribution in [1.82, 2.24) is 4.72 Å². The van der Waals surface area contributed by atoms with E-state index in [1.807, 2.05) is 27.7 Å². The average Bonchev–Trinajstić information content (AvgIpc) is 2.73. The highest BCUT2D eigenvalue weighted by atomic mass is 32.2. The summed E-state index contributed by atoms with van der Waals surface area (Å²) in [7, 11) is 0. The molecule has 112 valence electrons. The first-order valence-corrected chi connectivity index (χ1v) is 7.81. The van der Waals surface area contributed by atoms with Crippen molar-refractivity contribution in [3.63, 3.8) is 0 Å². The summed E-state index contributed by atoms with van der Waals surface area (Å²) in [6, 6.07) is -0.109. The molecule has 0 spiro atoms. The maximum atomic E-state index is 12.0. The Morgan fingerprint density at radius 1 is 1.42 bits per heavy atom. The molecule has 1 saturated heterocycles. The van der Waals surface area contributed by atoms with Crippen molar-refractivity contribution in [1.29, 1.82) is 0 Å². The number of aldehydes is 1. The summed E-state index contributed by atoms with van der Waals surface area (Å²) >= 11 is -1.18. The lowest BCUT2D eigenvalue weighted by molar-refractivity contribution is -0.148. The van der Waals surface area contributed by atoms with Crippen LogP contribution in [0.3, 0.4) is 0 Å². The lowest BCUT2D eigenvalue weighted by atomic mass is 10.1. The molecule has 0 unspecified atom stereocenters. The van der Waals surface area contributed by atoms with E-state index in [9.17, 15) is 9.35 Å². The Bertz CT molecular complexity index is 287. The van der Waals surface area contributed by atoms with Gasteiger partial charge in [-0.3, -0.25) is 0 Å². The topological polar surface area (TPSA) is 70.6 Å². The second-order valence-electron chi connectivity index (χ2n) is 5.97. The molecular formula is C13H25NO4S. The van der Waals surface area contributed by atoms with Crippen LogP contribution in [0.15, 0.2) is 0 Å². The molecule has 1 aliphatic heterocycles. The molecule has 1 aliphatic rings. The van der Waals surface area contributed by atoms with Crippen molar-refractivity contribution in [2.24, 2.45) is 0 Å².